The van der Waals surface area contributed by atoms with Crippen LogP contribution in [0.2, 0.25) is 0 Å². The fourth-order valence-electron chi connectivity index (χ4n) is 3.58. The Labute approximate surface area is 149 Å². The zero-order valence-corrected chi connectivity index (χ0v) is 15.1. The highest BCUT2D eigenvalue weighted by molar-refractivity contribution is 5.81. The maximum Gasteiger partial charge on any atom is 0.224 e. The van der Waals surface area contributed by atoms with E-state index in [1.54, 1.807) is 11.9 Å². The van der Waals surface area contributed by atoms with Gasteiger partial charge in [0.05, 0.1) is 18.2 Å². The SMILES string of the molecule is CN=C(NCCC(=O)N(C)Cc1ccccc1)NC1CC2CCC1O2. The molecule has 2 bridgehead atoms. The van der Waals surface area contributed by atoms with Crippen molar-refractivity contribution in [3.05, 3.63) is 35.9 Å². The molecule has 25 heavy (non-hydrogen) atoms. The summed E-state index contributed by atoms with van der Waals surface area (Å²) in [6.45, 7) is 1.20. The third-order valence-electron chi connectivity index (χ3n) is 4.97. The Balaban J connectivity index is 1.38. The Bertz CT molecular complexity index is 605. The first-order valence-corrected chi connectivity index (χ1v) is 9.06. The zero-order chi connectivity index (χ0) is 17.6. The summed E-state index contributed by atoms with van der Waals surface area (Å²) in [6, 6.07) is 10.4. The summed E-state index contributed by atoms with van der Waals surface area (Å²) in [5.74, 6) is 0.870. The van der Waals surface area contributed by atoms with Crippen molar-refractivity contribution >= 4 is 11.9 Å². The minimum atomic E-state index is 0.120. The predicted octanol–water partition coefficient (Wildman–Crippen LogP) is 1.52. The number of nitrogens with one attached hydrogen (secondary N) is 2. The van der Waals surface area contributed by atoms with Gasteiger partial charge >= 0.3 is 0 Å². The van der Waals surface area contributed by atoms with Crippen LogP contribution in [0.1, 0.15) is 31.2 Å². The van der Waals surface area contributed by atoms with Gasteiger partial charge in [0.15, 0.2) is 5.96 Å². The number of carbonyl (C=O) groups excluding carboxylic acids is 1. The molecule has 0 saturated carbocycles. The quantitative estimate of drug-likeness (QED) is 0.607. The standard InChI is InChI=1S/C19H28N4O2/c1-20-19(22-16-12-15-8-9-17(16)25-15)21-11-10-18(24)23(2)13-14-6-4-3-5-7-14/h3-7,15-17H,8-13H2,1-2H3,(H2,20,21,22). The molecule has 0 aliphatic carbocycles. The van der Waals surface area contributed by atoms with Gasteiger partial charge in [-0.25, -0.2) is 0 Å². The molecule has 3 unspecified atom stereocenters. The molecule has 2 fully saturated rings. The molecule has 1 aromatic rings. The summed E-state index contributed by atoms with van der Waals surface area (Å²) >= 11 is 0. The molecule has 6 nitrogen and oxygen atoms in total. The minimum Gasteiger partial charge on any atom is -0.373 e. The van der Waals surface area contributed by atoms with Crippen LogP contribution in [-0.2, 0) is 16.1 Å². The van der Waals surface area contributed by atoms with Gasteiger partial charge in [0.1, 0.15) is 0 Å². The van der Waals surface area contributed by atoms with E-state index in [-0.39, 0.29) is 5.91 Å². The third kappa shape index (κ3) is 4.72. The average molecular weight is 344 g/mol. The van der Waals surface area contributed by atoms with Crippen LogP contribution in [0.3, 0.4) is 0 Å². The van der Waals surface area contributed by atoms with E-state index in [4.69, 9.17) is 4.74 Å². The largest absolute Gasteiger partial charge is 0.373 e. The van der Waals surface area contributed by atoms with E-state index in [1.807, 2.05) is 37.4 Å². The van der Waals surface area contributed by atoms with E-state index in [9.17, 15) is 4.79 Å². The molecule has 1 aromatic carbocycles. The highest BCUT2D eigenvalue weighted by Crippen LogP contribution is 2.34. The first-order chi connectivity index (χ1) is 12.2. The summed E-state index contributed by atoms with van der Waals surface area (Å²) in [4.78, 5) is 18.3. The van der Waals surface area contributed by atoms with Gasteiger partial charge in [-0.05, 0) is 24.8 Å². The number of carbonyl (C=O) groups is 1. The lowest BCUT2D eigenvalue weighted by Gasteiger charge is -2.23. The maximum atomic E-state index is 12.3. The molecule has 6 heteroatoms. The second-order valence-corrected chi connectivity index (χ2v) is 6.84. The molecule has 0 spiro atoms. The van der Waals surface area contributed by atoms with Gasteiger partial charge in [0.2, 0.25) is 5.91 Å². The molecule has 0 radical (unpaired) electrons. The van der Waals surface area contributed by atoms with Crippen molar-refractivity contribution in [2.75, 3.05) is 20.6 Å². The van der Waals surface area contributed by atoms with Gasteiger partial charge in [0, 0.05) is 33.6 Å². The number of nitrogens with zero attached hydrogens (tertiary/aromatic N) is 2. The number of rotatable bonds is 6. The summed E-state index contributed by atoms with van der Waals surface area (Å²) < 4.78 is 5.85. The van der Waals surface area contributed by atoms with E-state index in [1.165, 1.54) is 6.42 Å². The van der Waals surface area contributed by atoms with Crippen LogP contribution >= 0.6 is 0 Å². The highest BCUT2D eigenvalue weighted by atomic mass is 16.5. The van der Waals surface area contributed by atoms with Crippen molar-refractivity contribution in [2.24, 2.45) is 4.99 Å². The topological polar surface area (TPSA) is 66.0 Å². The second kappa shape index (κ2) is 8.34. The van der Waals surface area contributed by atoms with E-state index in [2.05, 4.69) is 15.6 Å². The van der Waals surface area contributed by atoms with Crippen molar-refractivity contribution in [3.63, 3.8) is 0 Å². The van der Waals surface area contributed by atoms with Crippen LogP contribution in [0, 0.1) is 0 Å². The van der Waals surface area contributed by atoms with Crippen molar-refractivity contribution in [1.29, 1.82) is 0 Å². The number of hydrogen-bond donors (Lipinski definition) is 2. The molecule has 136 valence electrons. The number of amides is 1. The summed E-state index contributed by atoms with van der Waals surface area (Å²) in [5, 5.41) is 6.67. The van der Waals surface area contributed by atoms with Gasteiger partial charge in [-0.1, -0.05) is 30.3 Å². The molecule has 2 aliphatic rings. The number of guanidine groups is 1. The molecular formula is C19H28N4O2. The molecule has 1 amide bonds. The Hall–Kier alpha value is -2.08. The van der Waals surface area contributed by atoms with E-state index in [0.29, 0.717) is 37.8 Å². The number of fused-ring (bicyclic) bond motifs is 2. The lowest BCUT2D eigenvalue weighted by Crippen LogP contribution is -2.48. The Kier molecular flexibility index (Phi) is 5.91. The fraction of sp³-hybridized carbons (Fsp3) is 0.579. The van der Waals surface area contributed by atoms with Crippen LogP contribution in [0.25, 0.3) is 0 Å². The van der Waals surface area contributed by atoms with Gasteiger partial charge in [-0.3, -0.25) is 9.79 Å². The number of aliphatic imine (C=N–C) groups is 1. The average Bonchev–Trinajstić information content (AvgIpc) is 3.24. The molecule has 3 rings (SSSR count). The molecule has 0 aromatic heterocycles. The van der Waals surface area contributed by atoms with Crippen molar-refractivity contribution in [2.45, 2.75) is 50.5 Å². The van der Waals surface area contributed by atoms with E-state index < -0.39 is 0 Å². The molecule has 3 atom stereocenters. The zero-order valence-electron chi connectivity index (χ0n) is 15.1. The minimum absolute atomic E-state index is 0.120. The van der Waals surface area contributed by atoms with E-state index in [0.717, 1.165) is 24.4 Å². The summed E-state index contributed by atoms with van der Waals surface area (Å²) in [6.07, 6.45) is 4.51. The smallest absolute Gasteiger partial charge is 0.224 e. The monoisotopic (exact) mass is 344 g/mol. The highest BCUT2D eigenvalue weighted by Gasteiger charge is 2.41. The number of hydrogen-bond acceptors (Lipinski definition) is 3. The van der Waals surface area contributed by atoms with Crippen LogP contribution in [-0.4, -0.2) is 55.7 Å². The Morgan fingerprint density at radius 1 is 1.32 bits per heavy atom. The van der Waals surface area contributed by atoms with Crippen LogP contribution < -0.4 is 10.6 Å². The second-order valence-electron chi connectivity index (χ2n) is 6.84. The lowest BCUT2D eigenvalue weighted by atomic mass is 9.96. The molecule has 2 heterocycles. The normalized spacial score (nSPS) is 25.0. The molecule has 2 saturated heterocycles. The molecule has 2 aliphatic heterocycles. The van der Waals surface area contributed by atoms with Gasteiger partial charge in [-0.2, -0.15) is 0 Å². The lowest BCUT2D eigenvalue weighted by molar-refractivity contribution is -0.130. The first-order valence-electron chi connectivity index (χ1n) is 9.06. The fourth-order valence-corrected chi connectivity index (χ4v) is 3.58. The van der Waals surface area contributed by atoms with Gasteiger partial charge < -0.3 is 20.3 Å². The van der Waals surface area contributed by atoms with Crippen LogP contribution in [0.5, 0.6) is 0 Å². The Morgan fingerprint density at radius 3 is 2.76 bits per heavy atom. The third-order valence-corrected chi connectivity index (χ3v) is 4.97. The van der Waals surface area contributed by atoms with Crippen LogP contribution in [0.15, 0.2) is 35.3 Å². The van der Waals surface area contributed by atoms with Crippen LogP contribution in [0.4, 0.5) is 0 Å². The summed E-state index contributed by atoms with van der Waals surface area (Å²) in [5.41, 5.74) is 1.14. The van der Waals surface area contributed by atoms with Crippen molar-refractivity contribution in [3.8, 4) is 0 Å². The number of benzene rings is 1. The van der Waals surface area contributed by atoms with Crippen molar-refractivity contribution in [1.82, 2.24) is 15.5 Å². The summed E-state index contributed by atoms with van der Waals surface area (Å²) in [7, 11) is 3.60. The first kappa shape index (κ1) is 17.7. The maximum absolute atomic E-state index is 12.3. The van der Waals surface area contributed by atoms with Crippen molar-refractivity contribution < 1.29 is 9.53 Å². The number of ether oxygens (including phenoxy) is 1. The van der Waals surface area contributed by atoms with Gasteiger partial charge in [-0.15, -0.1) is 0 Å². The molecular weight excluding hydrogens is 316 g/mol. The van der Waals surface area contributed by atoms with E-state index >= 15 is 0 Å². The Morgan fingerprint density at radius 2 is 2.12 bits per heavy atom. The molecule has 2 N–H and O–H groups in total. The van der Waals surface area contributed by atoms with Gasteiger partial charge in [0.25, 0.3) is 0 Å². The predicted molar refractivity (Wildman–Crippen MR) is 98.3 cm³/mol.